The number of aryl methyl sites for hydroxylation is 1. The molecule has 0 radical (unpaired) electrons. The van der Waals surface area contributed by atoms with Gasteiger partial charge in [-0.1, -0.05) is 56.1 Å². The van der Waals surface area contributed by atoms with Crippen molar-refractivity contribution in [2.45, 2.75) is 52.9 Å². The van der Waals surface area contributed by atoms with Crippen molar-refractivity contribution >= 4 is 11.6 Å². The highest BCUT2D eigenvalue weighted by Gasteiger charge is 2.10. The number of unbranched alkanes of at least 4 members (excludes halogenated alkanes) is 1. The summed E-state index contributed by atoms with van der Waals surface area (Å²) in [5.74, 6) is 0.315. The van der Waals surface area contributed by atoms with Gasteiger partial charge in [-0.25, -0.2) is 4.68 Å². The predicted octanol–water partition coefficient (Wildman–Crippen LogP) is 4.20. The lowest BCUT2D eigenvalue weighted by atomic mass is 10.1. The topological polar surface area (TPSA) is 53.4 Å². The van der Waals surface area contributed by atoms with Gasteiger partial charge in [-0.15, -0.1) is 0 Å². The average molecular weight is 365 g/mol. The number of benzene rings is 1. The molecule has 0 saturated heterocycles. The van der Waals surface area contributed by atoms with Crippen LogP contribution in [0, 0.1) is 0 Å². The van der Waals surface area contributed by atoms with E-state index in [0.717, 1.165) is 37.0 Å². The van der Waals surface area contributed by atoms with Crippen LogP contribution in [0.25, 0.3) is 0 Å². The normalized spacial score (nSPS) is 10.8. The third-order valence-corrected chi connectivity index (χ3v) is 4.06. The fraction of sp³-hybridized carbons (Fsp3) is 0.474. The molecular formula is C19H25ClN2O3. The van der Waals surface area contributed by atoms with Gasteiger partial charge in [0.1, 0.15) is 6.61 Å². The molecule has 0 spiro atoms. The number of nitrogens with zero attached hydrogens (tertiary/aromatic N) is 2. The number of rotatable bonds is 10. The van der Waals surface area contributed by atoms with Crippen LogP contribution >= 0.6 is 11.6 Å². The smallest absolute Gasteiger partial charge is 0.289 e. The quantitative estimate of drug-likeness (QED) is 0.593. The summed E-state index contributed by atoms with van der Waals surface area (Å²) >= 11 is 6.12. The average Bonchev–Trinajstić information content (AvgIpc) is 2.63. The van der Waals surface area contributed by atoms with Crippen LogP contribution in [0.2, 0.25) is 5.02 Å². The van der Waals surface area contributed by atoms with Crippen molar-refractivity contribution in [3.8, 4) is 5.75 Å². The second-order valence-electron chi connectivity index (χ2n) is 5.86. The molecule has 0 aliphatic carbocycles. The molecule has 2 aromatic rings. The molecule has 0 N–H and O–H groups in total. The van der Waals surface area contributed by atoms with E-state index in [1.165, 1.54) is 10.9 Å². The molecule has 1 heterocycles. The molecule has 0 bridgehead atoms. The van der Waals surface area contributed by atoms with E-state index in [9.17, 15) is 4.79 Å². The maximum atomic E-state index is 12.2. The summed E-state index contributed by atoms with van der Waals surface area (Å²) in [4.78, 5) is 12.2. The van der Waals surface area contributed by atoms with E-state index in [-0.39, 0.29) is 10.6 Å². The third kappa shape index (κ3) is 5.87. The first-order valence-corrected chi connectivity index (χ1v) is 9.07. The van der Waals surface area contributed by atoms with Gasteiger partial charge < -0.3 is 9.47 Å². The van der Waals surface area contributed by atoms with Crippen LogP contribution in [-0.2, 0) is 24.5 Å². The lowest BCUT2D eigenvalue weighted by Crippen LogP contribution is -2.23. The Kier molecular flexibility index (Phi) is 7.95. The summed E-state index contributed by atoms with van der Waals surface area (Å²) in [5, 5.41) is 4.20. The SMILES string of the molecule is CCCCn1ncc(OCc2ccc(COCCC)cc2)c(Cl)c1=O. The molecule has 6 heteroatoms. The zero-order valence-electron chi connectivity index (χ0n) is 14.8. The highest BCUT2D eigenvalue weighted by Crippen LogP contribution is 2.20. The van der Waals surface area contributed by atoms with Gasteiger partial charge in [0.15, 0.2) is 10.8 Å². The van der Waals surface area contributed by atoms with Crippen molar-refractivity contribution in [3.05, 3.63) is 57.0 Å². The second-order valence-corrected chi connectivity index (χ2v) is 6.24. The van der Waals surface area contributed by atoms with Crippen molar-refractivity contribution in [2.24, 2.45) is 0 Å². The molecular weight excluding hydrogens is 340 g/mol. The van der Waals surface area contributed by atoms with Gasteiger partial charge in [0.2, 0.25) is 0 Å². The first kappa shape index (κ1) is 19.5. The molecule has 0 atom stereocenters. The third-order valence-electron chi connectivity index (χ3n) is 3.71. The molecule has 0 saturated carbocycles. The minimum absolute atomic E-state index is 0.0793. The minimum Gasteiger partial charge on any atom is -0.485 e. The Morgan fingerprint density at radius 1 is 1.08 bits per heavy atom. The summed E-state index contributed by atoms with van der Waals surface area (Å²) in [5.41, 5.74) is 1.80. The van der Waals surface area contributed by atoms with Crippen molar-refractivity contribution in [1.82, 2.24) is 9.78 Å². The molecule has 0 aliphatic heterocycles. The molecule has 2 rings (SSSR count). The molecule has 136 valence electrons. The maximum Gasteiger partial charge on any atom is 0.289 e. The van der Waals surface area contributed by atoms with Gasteiger partial charge in [-0.3, -0.25) is 4.79 Å². The van der Waals surface area contributed by atoms with Gasteiger partial charge in [-0.05, 0) is 24.0 Å². The Hall–Kier alpha value is -1.85. The Morgan fingerprint density at radius 3 is 2.40 bits per heavy atom. The fourth-order valence-electron chi connectivity index (χ4n) is 2.24. The van der Waals surface area contributed by atoms with Gasteiger partial charge in [0.05, 0.1) is 12.8 Å². The Labute approximate surface area is 153 Å². The Morgan fingerprint density at radius 2 is 1.76 bits per heavy atom. The lowest BCUT2D eigenvalue weighted by molar-refractivity contribution is 0.121. The standard InChI is InChI=1S/C19H25ClN2O3/c1-3-5-10-22-19(23)18(20)17(12-21-22)25-14-16-8-6-15(7-9-16)13-24-11-4-2/h6-9,12H,3-5,10-11,13-14H2,1-2H3. The first-order chi connectivity index (χ1) is 12.2. The molecule has 0 amide bonds. The van der Waals surface area contributed by atoms with Crippen molar-refractivity contribution in [3.63, 3.8) is 0 Å². The van der Waals surface area contributed by atoms with E-state index in [2.05, 4.69) is 18.9 Å². The highest BCUT2D eigenvalue weighted by molar-refractivity contribution is 6.31. The summed E-state index contributed by atoms with van der Waals surface area (Å²) < 4.78 is 12.6. The fourth-order valence-corrected chi connectivity index (χ4v) is 2.45. The number of aromatic nitrogens is 2. The van der Waals surface area contributed by atoms with Crippen LogP contribution < -0.4 is 10.3 Å². The highest BCUT2D eigenvalue weighted by atomic mass is 35.5. The van der Waals surface area contributed by atoms with Crippen LogP contribution in [0.1, 0.15) is 44.2 Å². The zero-order chi connectivity index (χ0) is 18.1. The predicted molar refractivity (Wildman–Crippen MR) is 99.1 cm³/mol. The minimum atomic E-state index is -0.309. The van der Waals surface area contributed by atoms with E-state index in [0.29, 0.717) is 25.5 Å². The molecule has 0 aliphatic rings. The van der Waals surface area contributed by atoms with E-state index in [4.69, 9.17) is 21.1 Å². The van der Waals surface area contributed by atoms with Crippen LogP contribution in [0.15, 0.2) is 35.3 Å². The van der Waals surface area contributed by atoms with Gasteiger partial charge >= 0.3 is 0 Å². The summed E-state index contributed by atoms with van der Waals surface area (Å²) in [6, 6.07) is 7.98. The largest absolute Gasteiger partial charge is 0.485 e. The van der Waals surface area contributed by atoms with Gasteiger partial charge in [0.25, 0.3) is 5.56 Å². The molecule has 0 unspecified atom stereocenters. The van der Waals surface area contributed by atoms with Gasteiger partial charge in [-0.2, -0.15) is 5.10 Å². The maximum absolute atomic E-state index is 12.2. The number of ether oxygens (including phenoxy) is 2. The molecule has 1 aromatic heterocycles. The molecule has 25 heavy (non-hydrogen) atoms. The van der Waals surface area contributed by atoms with Crippen LogP contribution in [0.5, 0.6) is 5.75 Å². The van der Waals surface area contributed by atoms with Crippen molar-refractivity contribution in [2.75, 3.05) is 6.61 Å². The molecule has 5 nitrogen and oxygen atoms in total. The van der Waals surface area contributed by atoms with E-state index >= 15 is 0 Å². The van der Waals surface area contributed by atoms with E-state index < -0.39 is 0 Å². The van der Waals surface area contributed by atoms with Crippen LogP contribution in [0.3, 0.4) is 0 Å². The molecule has 1 aromatic carbocycles. The number of hydrogen-bond donors (Lipinski definition) is 0. The van der Waals surface area contributed by atoms with E-state index in [1.807, 2.05) is 24.3 Å². The van der Waals surface area contributed by atoms with Crippen LogP contribution in [-0.4, -0.2) is 16.4 Å². The second kappa shape index (κ2) is 10.2. The van der Waals surface area contributed by atoms with Crippen molar-refractivity contribution < 1.29 is 9.47 Å². The monoisotopic (exact) mass is 364 g/mol. The Bertz CT molecular complexity index is 714. The molecule has 0 fully saturated rings. The lowest BCUT2D eigenvalue weighted by Gasteiger charge is -2.10. The summed E-state index contributed by atoms with van der Waals surface area (Å²) in [6.45, 7) is 6.42. The Balaban J connectivity index is 1.94. The van der Waals surface area contributed by atoms with Gasteiger partial charge in [0, 0.05) is 13.2 Å². The number of halogens is 1. The van der Waals surface area contributed by atoms with Crippen molar-refractivity contribution in [1.29, 1.82) is 0 Å². The summed E-state index contributed by atoms with van der Waals surface area (Å²) in [6.07, 6.45) is 4.39. The summed E-state index contributed by atoms with van der Waals surface area (Å²) in [7, 11) is 0. The first-order valence-electron chi connectivity index (χ1n) is 8.69. The zero-order valence-corrected chi connectivity index (χ0v) is 15.6. The van der Waals surface area contributed by atoms with Crippen LogP contribution in [0.4, 0.5) is 0 Å². The van der Waals surface area contributed by atoms with E-state index in [1.54, 1.807) is 0 Å². The number of hydrogen-bond acceptors (Lipinski definition) is 4.